The van der Waals surface area contributed by atoms with Gasteiger partial charge in [0, 0.05) is 39.7 Å². The topological polar surface area (TPSA) is 120 Å². The van der Waals surface area contributed by atoms with Crippen LogP contribution in [0.15, 0.2) is 55.3 Å². The van der Waals surface area contributed by atoms with Crippen molar-refractivity contribution in [1.82, 2.24) is 19.9 Å². The summed E-state index contributed by atoms with van der Waals surface area (Å²) in [4.78, 5) is 33.5. The third kappa shape index (κ3) is 4.66. The molecule has 0 bridgehead atoms. The lowest BCUT2D eigenvalue weighted by atomic mass is 9.87. The van der Waals surface area contributed by atoms with Crippen LogP contribution in [-0.2, 0) is 10.2 Å². The molecule has 1 saturated carbocycles. The van der Waals surface area contributed by atoms with E-state index in [2.05, 4.69) is 35.3 Å². The third-order valence-corrected chi connectivity index (χ3v) is 7.68. The smallest absolute Gasteiger partial charge is 0.331 e. The van der Waals surface area contributed by atoms with Gasteiger partial charge in [0.05, 0.1) is 11.0 Å². The Morgan fingerprint density at radius 2 is 1.97 bits per heavy atom. The summed E-state index contributed by atoms with van der Waals surface area (Å²) >= 11 is 0. The Morgan fingerprint density at radius 1 is 1.21 bits per heavy atom. The molecule has 2 aromatic carbocycles. The zero-order chi connectivity index (χ0) is 27.0. The minimum Gasteiger partial charge on any atom is -0.508 e. The number of carbonyl (C=O) groups is 2. The van der Waals surface area contributed by atoms with Gasteiger partial charge in [-0.25, -0.2) is 9.78 Å². The second-order valence-electron chi connectivity index (χ2n) is 10.9. The quantitative estimate of drug-likeness (QED) is 0.211. The van der Waals surface area contributed by atoms with Gasteiger partial charge in [-0.2, -0.15) is 0 Å². The predicted octanol–water partition coefficient (Wildman–Crippen LogP) is 6.14. The largest absolute Gasteiger partial charge is 0.508 e. The number of carboxylic acid groups (broad SMARTS) is 1. The van der Waals surface area contributed by atoms with Gasteiger partial charge in [0.1, 0.15) is 11.6 Å². The number of phenolic OH excluding ortho intramolecular Hbond substituents is 1. The number of nitrogens with zero attached hydrogens (tertiary/aromatic N) is 2. The van der Waals surface area contributed by atoms with E-state index >= 15 is 0 Å². The first-order valence-electron chi connectivity index (χ1n) is 13.2. The zero-order valence-electron chi connectivity index (χ0n) is 21.8. The standard InChI is InChI=1S/C30H34N4O4/c1-4-14-30(2,3)29-32-24-15-18(10-13-25(24)34(29)19-8-6-5-7-9-19)27(36)33-26(28(37)38)22-17-31-23-12-11-20(35)16-21(22)23/h4,10-13,15-17,19,26,31,35H,1,5-9,14H2,2-3H3,(H,33,36)(H,37,38)/t26-/m0/s1. The molecule has 4 N–H and O–H groups in total. The molecular formula is C30H34N4O4. The summed E-state index contributed by atoms with van der Waals surface area (Å²) in [6, 6.07) is 9.15. The molecule has 2 aromatic heterocycles. The molecule has 0 unspecified atom stereocenters. The Morgan fingerprint density at radius 3 is 2.68 bits per heavy atom. The number of phenols is 1. The minimum atomic E-state index is -1.30. The third-order valence-electron chi connectivity index (χ3n) is 7.68. The van der Waals surface area contributed by atoms with Crippen LogP contribution in [-0.4, -0.2) is 36.6 Å². The van der Waals surface area contributed by atoms with Crippen LogP contribution in [0.2, 0.25) is 0 Å². The number of amides is 1. The van der Waals surface area contributed by atoms with E-state index in [9.17, 15) is 19.8 Å². The fourth-order valence-corrected chi connectivity index (χ4v) is 5.73. The Labute approximate surface area is 221 Å². The number of aliphatic carboxylic acids is 1. The number of hydrogen-bond donors (Lipinski definition) is 4. The molecule has 5 rings (SSSR count). The van der Waals surface area contributed by atoms with Crippen molar-refractivity contribution >= 4 is 33.8 Å². The number of benzene rings is 2. The second-order valence-corrected chi connectivity index (χ2v) is 10.9. The summed E-state index contributed by atoms with van der Waals surface area (Å²) in [5.74, 6) is -0.700. The Kier molecular flexibility index (Phi) is 6.73. The maximum atomic E-state index is 13.3. The van der Waals surface area contributed by atoms with E-state index < -0.39 is 17.9 Å². The van der Waals surface area contributed by atoms with Crippen LogP contribution in [0.3, 0.4) is 0 Å². The van der Waals surface area contributed by atoms with Gasteiger partial charge in [0.25, 0.3) is 5.91 Å². The average Bonchev–Trinajstić information content (AvgIpc) is 3.49. The van der Waals surface area contributed by atoms with Gasteiger partial charge in [0.15, 0.2) is 6.04 Å². The molecule has 8 nitrogen and oxygen atoms in total. The van der Waals surface area contributed by atoms with Gasteiger partial charge in [-0.15, -0.1) is 6.58 Å². The lowest BCUT2D eigenvalue weighted by Crippen LogP contribution is -2.33. The summed E-state index contributed by atoms with van der Waals surface area (Å²) < 4.78 is 2.36. The van der Waals surface area contributed by atoms with Crippen molar-refractivity contribution in [3.8, 4) is 5.75 Å². The van der Waals surface area contributed by atoms with Crippen LogP contribution < -0.4 is 5.32 Å². The van der Waals surface area contributed by atoms with Gasteiger partial charge in [-0.3, -0.25) is 4.79 Å². The fraction of sp³-hybridized carbons (Fsp3) is 0.367. The van der Waals surface area contributed by atoms with E-state index in [0.717, 1.165) is 36.1 Å². The lowest BCUT2D eigenvalue weighted by Gasteiger charge is -2.30. The van der Waals surface area contributed by atoms with Crippen molar-refractivity contribution in [1.29, 1.82) is 0 Å². The number of aromatic nitrogens is 3. The van der Waals surface area contributed by atoms with E-state index in [1.54, 1.807) is 24.4 Å². The number of H-pyrrole nitrogens is 1. The van der Waals surface area contributed by atoms with Crippen molar-refractivity contribution < 1.29 is 19.8 Å². The number of fused-ring (bicyclic) bond motifs is 2. The highest BCUT2D eigenvalue weighted by molar-refractivity contribution is 6.00. The number of rotatable bonds is 8. The molecule has 1 fully saturated rings. The summed E-state index contributed by atoms with van der Waals surface area (Å²) in [7, 11) is 0. The van der Waals surface area contributed by atoms with Crippen molar-refractivity contribution in [3.63, 3.8) is 0 Å². The number of nitrogens with one attached hydrogen (secondary N) is 2. The molecular weight excluding hydrogens is 480 g/mol. The number of aromatic hydroxyl groups is 1. The molecule has 0 saturated heterocycles. The van der Waals surface area contributed by atoms with Crippen molar-refractivity contribution in [2.24, 2.45) is 0 Å². The number of hydrogen-bond acceptors (Lipinski definition) is 4. The Balaban J connectivity index is 1.51. The van der Waals surface area contributed by atoms with E-state index in [-0.39, 0.29) is 11.2 Å². The molecule has 0 spiro atoms. The molecule has 1 amide bonds. The first-order valence-corrected chi connectivity index (χ1v) is 13.2. The minimum absolute atomic E-state index is 0.0167. The average molecular weight is 515 g/mol. The molecule has 1 aliphatic rings. The number of imidazole rings is 1. The first kappa shape index (κ1) is 25.6. The summed E-state index contributed by atoms with van der Waals surface area (Å²) in [5.41, 5.74) is 2.86. The summed E-state index contributed by atoms with van der Waals surface area (Å²) in [6.07, 6.45) is 10.1. The Bertz CT molecular complexity index is 1520. The summed E-state index contributed by atoms with van der Waals surface area (Å²) in [5, 5.41) is 23.0. The van der Waals surface area contributed by atoms with Crippen LogP contribution in [0.4, 0.5) is 0 Å². The monoisotopic (exact) mass is 514 g/mol. The maximum absolute atomic E-state index is 13.3. The van der Waals surface area contributed by atoms with Crippen LogP contribution in [0.5, 0.6) is 5.75 Å². The number of carboxylic acids is 1. The van der Waals surface area contributed by atoms with E-state index in [0.29, 0.717) is 28.1 Å². The highest BCUT2D eigenvalue weighted by Crippen LogP contribution is 2.38. The normalized spacial score (nSPS) is 15.5. The molecule has 2 heterocycles. The van der Waals surface area contributed by atoms with Crippen molar-refractivity contribution in [3.05, 3.63) is 72.2 Å². The molecule has 1 aliphatic carbocycles. The molecule has 8 heteroatoms. The maximum Gasteiger partial charge on any atom is 0.331 e. The van der Waals surface area contributed by atoms with Crippen LogP contribution in [0, 0.1) is 0 Å². The molecule has 0 aliphatic heterocycles. The Hall–Kier alpha value is -4.07. The van der Waals surface area contributed by atoms with Gasteiger partial charge >= 0.3 is 5.97 Å². The fourth-order valence-electron chi connectivity index (χ4n) is 5.73. The highest BCUT2D eigenvalue weighted by atomic mass is 16.4. The van der Waals surface area contributed by atoms with Crippen molar-refractivity contribution in [2.45, 2.75) is 69.9 Å². The number of carbonyl (C=O) groups excluding carboxylic acids is 1. The van der Waals surface area contributed by atoms with Crippen LogP contribution in [0.1, 0.15) is 86.2 Å². The lowest BCUT2D eigenvalue weighted by molar-refractivity contribution is -0.139. The van der Waals surface area contributed by atoms with E-state index in [1.807, 2.05) is 12.1 Å². The predicted molar refractivity (Wildman–Crippen MR) is 148 cm³/mol. The van der Waals surface area contributed by atoms with Gasteiger partial charge in [-0.1, -0.05) is 39.2 Å². The zero-order valence-corrected chi connectivity index (χ0v) is 21.8. The van der Waals surface area contributed by atoms with Crippen molar-refractivity contribution in [2.75, 3.05) is 0 Å². The number of aromatic amines is 1. The molecule has 0 radical (unpaired) electrons. The van der Waals surface area contributed by atoms with Gasteiger partial charge in [0.2, 0.25) is 0 Å². The number of allylic oxidation sites excluding steroid dienone is 1. The van der Waals surface area contributed by atoms with Crippen LogP contribution >= 0.6 is 0 Å². The molecule has 198 valence electrons. The molecule has 38 heavy (non-hydrogen) atoms. The summed E-state index contributed by atoms with van der Waals surface area (Å²) in [6.45, 7) is 8.27. The van der Waals surface area contributed by atoms with E-state index in [4.69, 9.17) is 4.98 Å². The first-order chi connectivity index (χ1) is 18.2. The van der Waals surface area contributed by atoms with Gasteiger partial charge in [-0.05, 0) is 55.7 Å². The van der Waals surface area contributed by atoms with Gasteiger partial charge < -0.3 is 25.1 Å². The van der Waals surface area contributed by atoms with Crippen LogP contribution in [0.25, 0.3) is 21.9 Å². The second kappa shape index (κ2) is 10.0. The van der Waals surface area contributed by atoms with E-state index in [1.165, 1.54) is 31.4 Å². The molecule has 4 aromatic rings. The SMILES string of the molecule is C=CCC(C)(C)c1nc2cc(C(=O)N[C@H](C(=O)O)c3c[nH]c4ccc(O)cc34)ccc2n1C1CCCCC1. The highest BCUT2D eigenvalue weighted by Gasteiger charge is 2.31. The molecule has 1 atom stereocenters.